The fourth-order valence-electron chi connectivity index (χ4n) is 3.81. The summed E-state index contributed by atoms with van der Waals surface area (Å²) in [5.41, 5.74) is 0.957. The third kappa shape index (κ3) is 5.74. The number of benzene rings is 1. The SMILES string of the molecule is COC(=O)c1cccc(C2CCCN(C(=O)CN(C(=O)OC(C)(C)C)C3CC3)C2)c1. The van der Waals surface area contributed by atoms with Crippen molar-refractivity contribution in [3.63, 3.8) is 0 Å². The molecule has 2 fully saturated rings. The van der Waals surface area contributed by atoms with Gasteiger partial charge in [-0.2, -0.15) is 0 Å². The largest absolute Gasteiger partial charge is 0.465 e. The number of likely N-dealkylation sites (tertiary alicyclic amines) is 1. The van der Waals surface area contributed by atoms with Crippen LogP contribution in [0.25, 0.3) is 0 Å². The number of nitrogens with zero attached hydrogens (tertiary/aromatic N) is 2. The molecule has 1 aliphatic carbocycles. The maximum atomic E-state index is 13.0. The minimum Gasteiger partial charge on any atom is -0.465 e. The van der Waals surface area contributed by atoms with E-state index < -0.39 is 11.7 Å². The van der Waals surface area contributed by atoms with Crippen LogP contribution in [0.3, 0.4) is 0 Å². The highest BCUT2D eigenvalue weighted by atomic mass is 16.6. The Labute approximate surface area is 178 Å². The van der Waals surface area contributed by atoms with E-state index in [9.17, 15) is 14.4 Å². The number of carbonyl (C=O) groups excluding carboxylic acids is 3. The van der Waals surface area contributed by atoms with Crippen LogP contribution < -0.4 is 0 Å². The summed E-state index contributed by atoms with van der Waals surface area (Å²) >= 11 is 0. The Morgan fingerprint density at radius 3 is 2.53 bits per heavy atom. The van der Waals surface area contributed by atoms with Gasteiger partial charge < -0.3 is 14.4 Å². The first-order valence-electron chi connectivity index (χ1n) is 10.6. The van der Waals surface area contributed by atoms with Gasteiger partial charge in [-0.1, -0.05) is 12.1 Å². The van der Waals surface area contributed by atoms with Crippen LogP contribution in [-0.2, 0) is 14.3 Å². The summed E-state index contributed by atoms with van der Waals surface area (Å²) in [5, 5.41) is 0. The highest BCUT2D eigenvalue weighted by Crippen LogP contribution is 2.30. The molecule has 0 spiro atoms. The Balaban J connectivity index is 1.65. The molecule has 0 N–H and O–H groups in total. The molecule has 1 aromatic carbocycles. The standard InChI is InChI=1S/C23H32N2O5/c1-23(2,3)30-22(28)25(19-10-11-19)15-20(26)24-12-6-9-18(14-24)16-7-5-8-17(13-16)21(27)29-4/h5,7-8,13,18-19H,6,9-12,14-15H2,1-4H3. The van der Waals surface area contributed by atoms with E-state index in [1.165, 1.54) is 7.11 Å². The van der Waals surface area contributed by atoms with E-state index in [1.54, 1.807) is 11.0 Å². The van der Waals surface area contributed by atoms with Gasteiger partial charge in [-0.3, -0.25) is 9.69 Å². The van der Waals surface area contributed by atoms with Crippen molar-refractivity contribution in [2.75, 3.05) is 26.7 Å². The van der Waals surface area contributed by atoms with Gasteiger partial charge in [0.05, 0.1) is 12.7 Å². The molecule has 1 saturated carbocycles. The molecule has 1 aliphatic heterocycles. The molecule has 1 aromatic rings. The minimum absolute atomic E-state index is 0.0501. The van der Waals surface area contributed by atoms with Gasteiger partial charge in [-0.15, -0.1) is 0 Å². The number of hydrogen-bond donors (Lipinski definition) is 0. The van der Waals surface area contributed by atoms with Crippen molar-refractivity contribution in [2.45, 2.75) is 64.0 Å². The Bertz CT molecular complexity index is 797. The van der Waals surface area contributed by atoms with E-state index >= 15 is 0 Å². The fraction of sp³-hybridized carbons (Fsp3) is 0.609. The zero-order valence-corrected chi connectivity index (χ0v) is 18.3. The summed E-state index contributed by atoms with van der Waals surface area (Å²) < 4.78 is 10.3. The van der Waals surface area contributed by atoms with Gasteiger partial charge in [0.1, 0.15) is 12.1 Å². The number of piperidine rings is 1. The summed E-state index contributed by atoms with van der Waals surface area (Å²) in [7, 11) is 1.37. The van der Waals surface area contributed by atoms with Crippen LogP contribution >= 0.6 is 0 Å². The lowest BCUT2D eigenvalue weighted by Crippen LogP contribution is -2.48. The summed E-state index contributed by atoms with van der Waals surface area (Å²) in [6.07, 6.45) is 3.24. The molecule has 1 heterocycles. The molecule has 0 aromatic heterocycles. The van der Waals surface area contributed by atoms with Crippen LogP contribution in [0.15, 0.2) is 24.3 Å². The van der Waals surface area contributed by atoms with E-state index in [-0.39, 0.29) is 30.4 Å². The van der Waals surface area contributed by atoms with Crippen molar-refractivity contribution in [2.24, 2.45) is 0 Å². The highest BCUT2D eigenvalue weighted by molar-refractivity contribution is 5.89. The number of hydrogen-bond acceptors (Lipinski definition) is 5. The Hall–Kier alpha value is -2.57. The van der Waals surface area contributed by atoms with Gasteiger partial charge in [0.15, 0.2) is 0 Å². The topological polar surface area (TPSA) is 76.2 Å². The number of ether oxygens (including phenoxy) is 2. The molecule has 1 atom stereocenters. The molecule has 0 bridgehead atoms. The summed E-state index contributed by atoms with van der Waals surface area (Å²) in [6.45, 7) is 6.80. The molecule has 2 aliphatic rings. The molecule has 1 saturated heterocycles. The molecular formula is C23H32N2O5. The second kappa shape index (κ2) is 9.06. The maximum absolute atomic E-state index is 13.0. The number of esters is 1. The van der Waals surface area contributed by atoms with Crippen molar-refractivity contribution in [1.82, 2.24) is 9.80 Å². The molecule has 3 rings (SSSR count). The van der Waals surface area contributed by atoms with Crippen LogP contribution in [0.1, 0.15) is 68.3 Å². The fourth-order valence-corrected chi connectivity index (χ4v) is 3.81. The number of amides is 2. The lowest BCUT2D eigenvalue weighted by Gasteiger charge is -2.35. The number of carbonyl (C=O) groups is 3. The third-order valence-electron chi connectivity index (χ3n) is 5.47. The first kappa shape index (κ1) is 22.1. The second-order valence-electron chi connectivity index (χ2n) is 9.14. The van der Waals surface area contributed by atoms with Gasteiger partial charge in [0.2, 0.25) is 5.91 Å². The summed E-state index contributed by atoms with van der Waals surface area (Å²) in [5.74, 6) is -0.261. The van der Waals surface area contributed by atoms with E-state index in [0.29, 0.717) is 18.7 Å². The van der Waals surface area contributed by atoms with Crippen LogP contribution in [0.2, 0.25) is 0 Å². The van der Waals surface area contributed by atoms with Crippen molar-refractivity contribution < 1.29 is 23.9 Å². The van der Waals surface area contributed by atoms with Crippen molar-refractivity contribution >= 4 is 18.0 Å². The van der Waals surface area contributed by atoms with E-state index in [2.05, 4.69) is 0 Å². The Morgan fingerprint density at radius 1 is 1.17 bits per heavy atom. The molecule has 2 amide bonds. The van der Waals surface area contributed by atoms with Crippen LogP contribution in [-0.4, -0.2) is 66.2 Å². The van der Waals surface area contributed by atoms with E-state index in [0.717, 1.165) is 31.2 Å². The normalized spacial score (nSPS) is 19.2. The van der Waals surface area contributed by atoms with Crippen molar-refractivity contribution in [3.8, 4) is 0 Å². The molecular weight excluding hydrogens is 384 g/mol. The second-order valence-corrected chi connectivity index (χ2v) is 9.14. The zero-order valence-electron chi connectivity index (χ0n) is 18.3. The van der Waals surface area contributed by atoms with Crippen LogP contribution in [0, 0.1) is 0 Å². The predicted molar refractivity (Wildman–Crippen MR) is 112 cm³/mol. The Kier molecular flexibility index (Phi) is 6.68. The molecule has 7 nitrogen and oxygen atoms in total. The van der Waals surface area contributed by atoms with Crippen molar-refractivity contribution in [3.05, 3.63) is 35.4 Å². The Morgan fingerprint density at radius 2 is 1.90 bits per heavy atom. The third-order valence-corrected chi connectivity index (χ3v) is 5.47. The van der Waals surface area contributed by atoms with Gasteiger partial charge in [0.25, 0.3) is 0 Å². The number of methoxy groups -OCH3 is 1. The molecule has 7 heteroatoms. The van der Waals surface area contributed by atoms with Crippen LogP contribution in [0.5, 0.6) is 0 Å². The summed E-state index contributed by atoms with van der Waals surface area (Å²) in [6, 6.07) is 7.51. The zero-order chi connectivity index (χ0) is 21.9. The molecule has 30 heavy (non-hydrogen) atoms. The van der Waals surface area contributed by atoms with Crippen molar-refractivity contribution in [1.29, 1.82) is 0 Å². The molecule has 0 radical (unpaired) electrons. The lowest BCUT2D eigenvalue weighted by atomic mass is 9.89. The lowest BCUT2D eigenvalue weighted by molar-refractivity contribution is -0.133. The quantitative estimate of drug-likeness (QED) is 0.686. The molecule has 1 unspecified atom stereocenters. The van der Waals surface area contributed by atoms with Gasteiger partial charge in [-0.25, -0.2) is 9.59 Å². The highest BCUT2D eigenvalue weighted by Gasteiger charge is 2.37. The monoisotopic (exact) mass is 416 g/mol. The first-order valence-corrected chi connectivity index (χ1v) is 10.6. The minimum atomic E-state index is -0.589. The maximum Gasteiger partial charge on any atom is 0.411 e. The summed E-state index contributed by atoms with van der Waals surface area (Å²) in [4.78, 5) is 40.8. The van der Waals surface area contributed by atoms with Gasteiger partial charge >= 0.3 is 12.1 Å². The van der Waals surface area contributed by atoms with Gasteiger partial charge in [-0.05, 0) is 64.2 Å². The van der Waals surface area contributed by atoms with Crippen LogP contribution in [0.4, 0.5) is 4.79 Å². The van der Waals surface area contributed by atoms with E-state index in [4.69, 9.17) is 9.47 Å². The average Bonchev–Trinajstić information content (AvgIpc) is 3.55. The smallest absolute Gasteiger partial charge is 0.411 e. The van der Waals surface area contributed by atoms with Gasteiger partial charge in [0, 0.05) is 25.0 Å². The molecule has 164 valence electrons. The predicted octanol–water partition coefficient (Wildman–Crippen LogP) is 3.58. The van der Waals surface area contributed by atoms with E-state index in [1.807, 2.05) is 43.9 Å². The average molecular weight is 417 g/mol. The number of rotatable bonds is 5. The first-order chi connectivity index (χ1) is 14.2.